The highest BCUT2D eigenvalue weighted by Crippen LogP contribution is 2.12. The largest absolute Gasteiger partial charge is 0.506 e. The fraction of sp³-hybridized carbons (Fsp3) is 0.500. The lowest BCUT2D eigenvalue weighted by Gasteiger charge is -2.22. The Balaban J connectivity index is 2.77. The minimum atomic E-state index is -0.923. The molecule has 1 aromatic heterocycles. The molecule has 0 aliphatic rings. The number of carbonyl (C=O) groups is 2. The van der Waals surface area contributed by atoms with Crippen LogP contribution < -0.4 is 5.32 Å². The molecule has 0 aliphatic heterocycles. The third-order valence-corrected chi connectivity index (χ3v) is 2.40. The number of esters is 1. The number of pyridine rings is 1. The molecule has 0 saturated heterocycles. The smallest absolute Gasteiger partial charge is 0.408 e. The van der Waals surface area contributed by atoms with Crippen LogP contribution in [0.2, 0.25) is 0 Å². The van der Waals surface area contributed by atoms with Crippen LogP contribution in [0, 0.1) is 0 Å². The van der Waals surface area contributed by atoms with E-state index in [0.717, 1.165) is 0 Å². The summed E-state index contributed by atoms with van der Waals surface area (Å²) in [4.78, 5) is 27.3. The van der Waals surface area contributed by atoms with Crippen LogP contribution in [0.25, 0.3) is 0 Å². The molecule has 0 bridgehead atoms. The Morgan fingerprint density at radius 2 is 2.05 bits per heavy atom. The summed E-state index contributed by atoms with van der Waals surface area (Å²) >= 11 is 0. The van der Waals surface area contributed by atoms with Gasteiger partial charge in [0.15, 0.2) is 0 Å². The topological polar surface area (TPSA) is 97.8 Å². The van der Waals surface area contributed by atoms with Crippen molar-refractivity contribution in [1.29, 1.82) is 0 Å². The number of ether oxygens (including phenoxy) is 2. The number of nitrogens with one attached hydrogen (secondary N) is 1. The van der Waals surface area contributed by atoms with Crippen LogP contribution >= 0.6 is 0 Å². The zero-order valence-electron chi connectivity index (χ0n) is 12.5. The van der Waals surface area contributed by atoms with E-state index in [2.05, 4.69) is 15.0 Å². The van der Waals surface area contributed by atoms with Gasteiger partial charge in [-0.2, -0.15) is 0 Å². The minimum absolute atomic E-state index is 0.0200. The Labute approximate surface area is 123 Å². The molecule has 0 spiro atoms. The molecule has 0 fully saturated rings. The molecule has 7 nitrogen and oxygen atoms in total. The summed E-state index contributed by atoms with van der Waals surface area (Å²) in [5.41, 5.74) is -0.0846. The maximum Gasteiger partial charge on any atom is 0.408 e. The number of alkyl carbamates (subject to hydrolysis) is 1. The van der Waals surface area contributed by atoms with Gasteiger partial charge in [0.2, 0.25) is 0 Å². The first kappa shape index (κ1) is 16.7. The molecule has 1 heterocycles. The van der Waals surface area contributed by atoms with Gasteiger partial charge < -0.3 is 19.9 Å². The van der Waals surface area contributed by atoms with Gasteiger partial charge in [0.1, 0.15) is 17.4 Å². The second-order valence-corrected chi connectivity index (χ2v) is 5.48. The fourth-order valence-electron chi connectivity index (χ4n) is 1.61. The van der Waals surface area contributed by atoms with Gasteiger partial charge in [-0.15, -0.1) is 0 Å². The number of rotatable bonds is 4. The first-order valence-electron chi connectivity index (χ1n) is 6.41. The molecule has 0 saturated carbocycles. The summed E-state index contributed by atoms with van der Waals surface area (Å²) in [5, 5.41) is 11.8. The molecule has 1 amide bonds. The molecule has 0 aromatic carbocycles. The van der Waals surface area contributed by atoms with Gasteiger partial charge in [-0.05, 0) is 32.4 Å². The molecular weight excluding hydrogens is 276 g/mol. The highest BCUT2D eigenvalue weighted by molar-refractivity contribution is 5.81. The summed E-state index contributed by atoms with van der Waals surface area (Å²) in [7, 11) is 1.23. The van der Waals surface area contributed by atoms with Crippen LogP contribution in [-0.2, 0) is 20.7 Å². The van der Waals surface area contributed by atoms with E-state index in [1.165, 1.54) is 25.6 Å². The number of aromatic hydroxyl groups is 1. The number of amides is 1. The van der Waals surface area contributed by atoms with E-state index in [1.54, 1.807) is 20.8 Å². The van der Waals surface area contributed by atoms with Gasteiger partial charge >= 0.3 is 12.1 Å². The zero-order chi connectivity index (χ0) is 16.0. The van der Waals surface area contributed by atoms with Crippen molar-refractivity contribution < 1.29 is 24.2 Å². The molecular formula is C14H20N2O5. The van der Waals surface area contributed by atoms with Crippen molar-refractivity contribution in [3.63, 3.8) is 0 Å². The lowest BCUT2D eigenvalue weighted by molar-refractivity contribution is -0.143. The van der Waals surface area contributed by atoms with Gasteiger partial charge in [-0.1, -0.05) is 0 Å². The van der Waals surface area contributed by atoms with E-state index in [4.69, 9.17) is 4.74 Å². The first-order chi connectivity index (χ1) is 9.71. The number of methoxy groups -OCH3 is 1. The number of aromatic nitrogens is 1. The fourth-order valence-corrected chi connectivity index (χ4v) is 1.61. The second kappa shape index (κ2) is 6.92. The highest BCUT2D eigenvalue weighted by atomic mass is 16.6. The average Bonchev–Trinajstić information content (AvgIpc) is 2.34. The van der Waals surface area contributed by atoms with Crippen LogP contribution in [0.5, 0.6) is 5.75 Å². The van der Waals surface area contributed by atoms with Crippen molar-refractivity contribution >= 4 is 12.1 Å². The molecule has 7 heteroatoms. The SMILES string of the molecule is COC(=O)C(Cc1cncc(O)c1)NC(=O)OC(C)(C)C. The Bertz CT molecular complexity index is 510. The van der Waals surface area contributed by atoms with Gasteiger partial charge in [0.05, 0.1) is 13.3 Å². The van der Waals surface area contributed by atoms with E-state index < -0.39 is 23.7 Å². The van der Waals surface area contributed by atoms with Crippen molar-refractivity contribution in [2.45, 2.75) is 38.8 Å². The summed E-state index contributed by atoms with van der Waals surface area (Å²) in [6.07, 6.45) is 2.18. The van der Waals surface area contributed by atoms with Gasteiger partial charge in [0, 0.05) is 12.6 Å². The Kier molecular flexibility index (Phi) is 5.52. The van der Waals surface area contributed by atoms with E-state index in [0.29, 0.717) is 5.56 Å². The number of carbonyl (C=O) groups excluding carboxylic acids is 2. The Hall–Kier alpha value is -2.31. The Morgan fingerprint density at radius 1 is 1.38 bits per heavy atom. The third kappa shape index (κ3) is 6.11. The molecule has 1 unspecified atom stereocenters. The molecule has 0 radical (unpaired) electrons. The van der Waals surface area contributed by atoms with Crippen molar-refractivity contribution in [2.75, 3.05) is 7.11 Å². The monoisotopic (exact) mass is 296 g/mol. The van der Waals surface area contributed by atoms with Crippen molar-refractivity contribution in [1.82, 2.24) is 10.3 Å². The van der Waals surface area contributed by atoms with Crippen LogP contribution in [0.1, 0.15) is 26.3 Å². The molecule has 1 atom stereocenters. The number of hydrogen-bond donors (Lipinski definition) is 2. The van der Waals surface area contributed by atoms with Gasteiger partial charge in [-0.25, -0.2) is 9.59 Å². The molecule has 116 valence electrons. The lowest BCUT2D eigenvalue weighted by Crippen LogP contribution is -2.45. The first-order valence-corrected chi connectivity index (χ1v) is 6.41. The molecule has 1 rings (SSSR count). The quantitative estimate of drug-likeness (QED) is 0.815. The molecule has 1 aromatic rings. The van der Waals surface area contributed by atoms with E-state index >= 15 is 0 Å². The summed E-state index contributed by atoms with van der Waals surface area (Å²) in [5.74, 6) is -0.627. The third-order valence-electron chi connectivity index (χ3n) is 2.40. The lowest BCUT2D eigenvalue weighted by atomic mass is 10.1. The Morgan fingerprint density at radius 3 is 2.57 bits per heavy atom. The highest BCUT2D eigenvalue weighted by Gasteiger charge is 2.25. The predicted molar refractivity (Wildman–Crippen MR) is 74.8 cm³/mol. The maximum atomic E-state index is 11.7. The van der Waals surface area contributed by atoms with Crippen molar-refractivity contribution in [3.05, 3.63) is 24.0 Å². The van der Waals surface area contributed by atoms with E-state index in [9.17, 15) is 14.7 Å². The van der Waals surface area contributed by atoms with E-state index in [1.807, 2.05) is 0 Å². The average molecular weight is 296 g/mol. The number of hydrogen-bond acceptors (Lipinski definition) is 6. The standard InChI is InChI=1S/C14H20N2O5/c1-14(2,3)21-13(19)16-11(12(18)20-4)6-9-5-10(17)8-15-7-9/h5,7-8,11,17H,6H2,1-4H3,(H,16,19). The summed E-state index contributed by atoms with van der Waals surface area (Å²) < 4.78 is 9.76. The van der Waals surface area contributed by atoms with Crippen LogP contribution in [0.3, 0.4) is 0 Å². The maximum absolute atomic E-state index is 11.7. The second-order valence-electron chi connectivity index (χ2n) is 5.48. The summed E-state index contributed by atoms with van der Waals surface area (Å²) in [6, 6.07) is 0.535. The van der Waals surface area contributed by atoms with Crippen LogP contribution in [0.15, 0.2) is 18.5 Å². The summed E-state index contributed by atoms with van der Waals surface area (Å²) in [6.45, 7) is 5.16. The van der Waals surface area contributed by atoms with Crippen LogP contribution in [-0.4, -0.2) is 40.9 Å². The normalized spacial score (nSPS) is 12.4. The molecule has 0 aliphatic carbocycles. The minimum Gasteiger partial charge on any atom is -0.506 e. The van der Waals surface area contributed by atoms with Gasteiger partial charge in [-0.3, -0.25) is 4.98 Å². The zero-order valence-corrected chi connectivity index (χ0v) is 12.5. The molecule has 2 N–H and O–H groups in total. The van der Waals surface area contributed by atoms with Gasteiger partial charge in [0.25, 0.3) is 0 Å². The predicted octanol–water partition coefficient (Wildman–Crippen LogP) is 1.40. The number of nitrogens with zero attached hydrogens (tertiary/aromatic N) is 1. The van der Waals surface area contributed by atoms with Crippen LogP contribution in [0.4, 0.5) is 4.79 Å². The molecule has 21 heavy (non-hydrogen) atoms. The van der Waals surface area contributed by atoms with Crippen molar-refractivity contribution in [3.8, 4) is 5.75 Å². The van der Waals surface area contributed by atoms with E-state index in [-0.39, 0.29) is 12.2 Å². The van der Waals surface area contributed by atoms with Crippen molar-refractivity contribution in [2.24, 2.45) is 0 Å².